The van der Waals surface area contributed by atoms with Crippen molar-refractivity contribution < 1.29 is 19.2 Å². The van der Waals surface area contributed by atoms with Crippen LogP contribution in [-0.2, 0) is 14.4 Å². The third-order valence-electron chi connectivity index (χ3n) is 5.18. The molecule has 2 heterocycles. The molecule has 6 N–H and O–H groups in total. The van der Waals surface area contributed by atoms with Crippen molar-refractivity contribution in [2.24, 2.45) is 5.73 Å². The lowest BCUT2D eigenvalue weighted by Crippen LogP contribution is -2.36. The van der Waals surface area contributed by atoms with E-state index in [-0.39, 0.29) is 42.9 Å². The molecular formula is C19H33N5O4S. The summed E-state index contributed by atoms with van der Waals surface area (Å²) >= 11 is 1.90. The first-order valence-corrected chi connectivity index (χ1v) is 11.5. The summed E-state index contributed by atoms with van der Waals surface area (Å²) in [6.07, 6.45) is 6.42. The maximum Gasteiger partial charge on any atom is 0.315 e. The fourth-order valence-corrected chi connectivity index (χ4v) is 5.13. The Bertz CT molecular complexity index is 589. The number of primary amides is 1. The van der Waals surface area contributed by atoms with Gasteiger partial charge >= 0.3 is 6.03 Å². The largest absolute Gasteiger partial charge is 0.370 e. The van der Waals surface area contributed by atoms with Crippen molar-refractivity contribution in [1.29, 1.82) is 0 Å². The quantitative estimate of drug-likeness (QED) is 0.201. The number of urea groups is 1. The molecule has 0 radical (unpaired) electrons. The van der Waals surface area contributed by atoms with Gasteiger partial charge < -0.3 is 27.0 Å². The zero-order valence-corrected chi connectivity index (χ0v) is 17.7. The molecule has 10 heteroatoms. The van der Waals surface area contributed by atoms with Crippen molar-refractivity contribution >= 4 is 35.5 Å². The fourth-order valence-electron chi connectivity index (χ4n) is 3.59. The highest BCUT2D eigenvalue weighted by Crippen LogP contribution is 2.33. The van der Waals surface area contributed by atoms with Gasteiger partial charge in [0.2, 0.25) is 17.7 Å². The van der Waals surface area contributed by atoms with E-state index in [0.29, 0.717) is 24.6 Å². The number of rotatable bonds is 14. The van der Waals surface area contributed by atoms with E-state index in [9.17, 15) is 19.2 Å². The number of nitrogens with two attached hydrogens (primary N) is 1. The summed E-state index contributed by atoms with van der Waals surface area (Å²) in [5.41, 5.74) is 5.01. The van der Waals surface area contributed by atoms with Crippen molar-refractivity contribution in [3.8, 4) is 0 Å². The number of fused-ring (bicyclic) bond motifs is 1. The molecule has 3 unspecified atom stereocenters. The second-order valence-corrected chi connectivity index (χ2v) is 8.87. The van der Waals surface area contributed by atoms with Gasteiger partial charge in [0.1, 0.15) is 0 Å². The first kappa shape index (κ1) is 23.3. The van der Waals surface area contributed by atoms with Crippen LogP contribution in [0.1, 0.15) is 57.8 Å². The average Bonchev–Trinajstić information content (AvgIpc) is 3.20. The van der Waals surface area contributed by atoms with Gasteiger partial charge in [-0.25, -0.2) is 4.79 Å². The predicted octanol–water partition coefficient (Wildman–Crippen LogP) is 0.380. The molecule has 2 rings (SSSR count). The molecule has 164 valence electrons. The Morgan fingerprint density at radius 2 is 1.62 bits per heavy atom. The van der Waals surface area contributed by atoms with E-state index >= 15 is 0 Å². The molecule has 0 bridgehead atoms. The van der Waals surface area contributed by atoms with Crippen LogP contribution >= 0.6 is 11.8 Å². The zero-order valence-electron chi connectivity index (χ0n) is 16.8. The lowest BCUT2D eigenvalue weighted by Gasteiger charge is -2.16. The second-order valence-electron chi connectivity index (χ2n) is 7.59. The first-order valence-electron chi connectivity index (χ1n) is 10.5. The molecule has 0 aromatic carbocycles. The van der Waals surface area contributed by atoms with Gasteiger partial charge in [0.15, 0.2) is 0 Å². The monoisotopic (exact) mass is 427 g/mol. The van der Waals surface area contributed by atoms with Gasteiger partial charge in [-0.05, 0) is 25.7 Å². The Kier molecular flexibility index (Phi) is 10.1. The van der Waals surface area contributed by atoms with Gasteiger partial charge in [0.25, 0.3) is 0 Å². The first-order chi connectivity index (χ1) is 14.0. The summed E-state index contributed by atoms with van der Waals surface area (Å²) in [7, 11) is 0. The summed E-state index contributed by atoms with van der Waals surface area (Å²) in [5.74, 6) is 0.535. The Hall–Kier alpha value is -1.97. The van der Waals surface area contributed by atoms with Crippen molar-refractivity contribution in [3.63, 3.8) is 0 Å². The van der Waals surface area contributed by atoms with Gasteiger partial charge in [0.05, 0.1) is 12.1 Å². The number of unbranched alkanes of at least 4 members (excludes halogenated alkanes) is 3. The Balaban J connectivity index is 1.39. The van der Waals surface area contributed by atoms with Crippen LogP contribution in [0.2, 0.25) is 0 Å². The molecule has 29 heavy (non-hydrogen) atoms. The molecule has 2 aliphatic rings. The van der Waals surface area contributed by atoms with Gasteiger partial charge in [-0.2, -0.15) is 11.8 Å². The average molecular weight is 428 g/mol. The summed E-state index contributed by atoms with van der Waals surface area (Å²) in [5, 5.41) is 11.9. The molecule has 2 aliphatic heterocycles. The van der Waals surface area contributed by atoms with Crippen LogP contribution in [0.15, 0.2) is 0 Å². The summed E-state index contributed by atoms with van der Waals surface area (Å²) in [6.45, 7) is 0.915. The smallest absolute Gasteiger partial charge is 0.315 e. The molecule has 9 nitrogen and oxygen atoms in total. The number of carbonyl (C=O) groups excluding carboxylic acids is 4. The SMILES string of the molecule is NC(=O)CCNC(=O)CCCCCNC(=O)CCCCC1SCC2NC(=O)NC21. The Labute approximate surface area is 176 Å². The highest BCUT2D eigenvalue weighted by Gasteiger charge is 2.42. The number of hydrogen-bond acceptors (Lipinski definition) is 5. The van der Waals surface area contributed by atoms with Crippen LogP contribution < -0.4 is 27.0 Å². The lowest BCUT2D eigenvalue weighted by molar-refractivity contribution is -0.122. The normalized spacial score (nSPS) is 22.5. The molecule has 2 saturated heterocycles. The van der Waals surface area contributed by atoms with E-state index in [4.69, 9.17) is 5.73 Å². The van der Waals surface area contributed by atoms with E-state index in [1.54, 1.807) is 0 Å². The fraction of sp³-hybridized carbons (Fsp3) is 0.789. The van der Waals surface area contributed by atoms with Gasteiger partial charge in [-0.15, -0.1) is 0 Å². The van der Waals surface area contributed by atoms with E-state index < -0.39 is 5.91 Å². The van der Waals surface area contributed by atoms with Crippen molar-refractivity contribution in [3.05, 3.63) is 0 Å². The van der Waals surface area contributed by atoms with Crippen LogP contribution in [0.25, 0.3) is 0 Å². The number of thioether (sulfide) groups is 1. The van der Waals surface area contributed by atoms with Crippen LogP contribution in [-0.4, -0.2) is 59.9 Å². The van der Waals surface area contributed by atoms with Crippen LogP contribution in [0, 0.1) is 0 Å². The predicted molar refractivity (Wildman–Crippen MR) is 112 cm³/mol. The molecule has 0 saturated carbocycles. The topological polar surface area (TPSA) is 142 Å². The molecule has 5 amide bonds. The van der Waals surface area contributed by atoms with E-state index in [2.05, 4.69) is 21.3 Å². The summed E-state index contributed by atoms with van der Waals surface area (Å²) in [4.78, 5) is 45.4. The zero-order chi connectivity index (χ0) is 21.1. The van der Waals surface area contributed by atoms with Gasteiger partial charge in [-0.3, -0.25) is 14.4 Å². The minimum atomic E-state index is -0.424. The van der Waals surface area contributed by atoms with Gasteiger partial charge in [-0.1, -0.05) is 12.8 Å². The number of amides is 5. The molecule has 0 aromatic heterocycles. The molecular weight excluding hydrogens is 394 g/mol. The highest BCUT2D eigenvalue weighted by atomic mass is 32.2. The number of carbonyl (C=O) groups is 4. The second kappa shape index (κ2) is 12.6. The molecule has 0 aromatic rings. The minimum Gasteiger partial charge on any atom is -0.370 e. The standard InChI is InChI=1S/C19H33N5O4S/c20-15(25)9-11-22-17(27)7-2-1-5-10-21-16(26)8-4-3-6-14-18-13(12-29-14)23-19(28)24-18/h13-14,18H,1-12H2,(H2,20,25)(H,21,26)(H,22,27)(H2,23,24,28). The van der Waals surface area contributed by atoms with Gasteiger partial charge in [0, 0.05) is 43.4 Å². The van der Waals surface area contributed by atoms with Crippen LogP contribution in [0.5, 0.6) is 0 Å². The minimum absolute atomic E-state index is 0.0617. The molecule has 3 atom stereocenters. The van der Waals surface area contributed by atoms with E-state index in [1.807, 2.05) is 11.8 Å². The van der Waals surface area contributed by atoms with Crippen molar-refractivity contribution in [1.82, 2.24) is 21.3 Å². The van der Waals surface area contributed by atoms with Crippen molar-refractivity contribution in [2.45, 2.75) is 75.1 Å². The third-order valence-corrected chi connectivity index (χ3v) is 6.69. The van der Waals surface area contributed by atoms with Crippen molar-refractivity contribution in [2.75, 3.05) is 18.8 Å². The summed E-state index contributed by atoms with van der Waals surface area (Å²) in [6, 6.07) is 0.418. The molecule has 0 aliphatic carbocycles. The van der Waals surface area contributed by atoms with E-state index in [1.165, 1.54) is 0 Å². The lowest BCUT2D eigenvalue weighted by atomic mass is 10.0. The Morgan fingerprint density at radius 3 is 2.34 bits per heavy atom. The maximum absolute atomic E-state index is 11.9. The Morgan fingerprint density at radius 1 is 0.931 bits per heavy atom. The molecule has 0 spiro atoms. The highest BCUT2D eigenvalue weighted by molar-refractivity contribution is 8.00. The number of hydrogen-bond donors (Lipinski definition) is 5. The third kappa shape index (κ3) is 8.93. The number of nitrogens with one attached hydrogen (secondary N) is 4. The maximum atomic E-state index is 11.9. The van der Waals surface area contributed by atoms with Crippen LogP contribution in [0.3, 0.4) is 0 Å². The van der Waals surface area contributed by atoms with Crippen LogP contribution in [0.4, 0.5) is 4.79 Å². The molecule has 2 fully saturated rings. The van der Waals surface area contributed by atoms with E-state index in [0.717, 1.165) is 44.3 Å². The summed E-state index contributed by atoms with van der Waals surface area (Å²) < 4.78 is 0.